The summed E-state index contributed by atoms with van der Waals surface area (Å²) in [4.78, 5) is 0. The molecule has 0 bridgehead atoms. The molecule has 0 aliphatic heterocycles. The minimum absolute atomic E-state index is 0.720. The predicted octanol–water partition coefficient (Wildman–Crippen LogP) is 3.97. The number of aryl methyl sites for hydroxylation is 1. The first-order chi connectivity index (χ1) is 7.65. The first kappa shape index (κ1) is 10.8. The first-order valence-corrected chi connectivity index (χ1v) is 5.42. The van der Waals surface area contributed by atoms with E-state index in [-0.39, 0.29) is 0 Å². The van der Waals surface area contributed by atoms with E-state index in [9.17, 15) is 0 Å². The Hall–Kier alpha value is -1.67. The van der Waals surface area contributed by atoms with Crippen molar-refractivity contribution in [3.05, 3.63) is 53.1 Å². The Balaban J connectivity index is 2.24. The zero-order chi connectivity index (χ0) is 11.5. The predicted molar refractivity (Wildman–Crippen MR) is 70.3 cm³/mol. The van der Waals surface area contributed by atoms with E-state index in [0.29, 0.717) is 0 Å². The van der Waals surface area contributed by atoms with Crippen molar-refractivity contribution in [1.29, 1.82) is 0 Å². The second-order valence-electron chi connectivity index (χ2n) is 3.71. The lowest BCUT2D eigenvalue weighted by Gasteiger charge is -2.08. The summed E-state index contributed by atoms with van der Waals surface area (Å²) >= 11 is 5.91. The number of halogens is 1. The summed E-state index contributed by atoms with van der Waals surface area (Å²) in [7, 11) is 0. The molecule has 0 heterocycles. The van der Waals surface area contributed by atoms with Crippen LogP contribution in [0.2, 0.25) is 5.02 Å². The Morgan fingerprint density at radius 3 is 2.50 bits per heavy atom. The van der Waals surface area contributed by atoms with Gasteiger partial charge in [0.1, 0.15) is 0 Å². The number of benzene rings is 2. The summed E-state index contributed by atoms with van der Waals surface area (Å²) in [5.41, 5.74) is 9.60. The number of rotatable bonds is 2. The number of anilines is 3. The van der Waals surface area contributed by atoms with Crippen molar-refractivity contribution in [2.75, 3.05) is 11.1 Å². The van der Waals surface area contributed by atoms with Gasteiger partial charge in [-0.1, -0.05) is 17.7 Å². The molecule has 2 rings (SSSR count). The van der Waals surface area contributed by atoms with Gasteiger partial charge in [0.05, 0.1) is 0 Å². The van der Waals surface area contributed by atoms with Gasteiger partial charge >= 0.3 is 0 Å². The maximum atomic E-state index is 5.91. The Morgan fingerprint density at radius 2 is 1.81 bits per heavy atom. The molecule has 0 atom stereocenters. The summed E-state index contributed by atoms with van der Waals surface area (Å²) in [6, 6.07) is 13.5. The largest absolute Gasteiger partial charge is 0.399 e. The third-order valence-corrected chi connectivity index (χ3v) is 2.62. The lowest BCUT2D eigenvalue weighted by Crippen LogP contribution is -1.93. The summed E-state index contributed by atoms with van der Waals surface area (Å²) < 4.78 is 0. The van der Waals surface area contributed by atoms with Gasteiger partial charge in [-0.15, -0.1) is 0 Å². The summed E-state index contributed by atoms with van der Waals surface area (Å²) in [6.07, 6.45) is 0. The van der Waals surface area contributed by atoms with Crippen molar-refractivity contribution >= 4 is 28.7 Å². The van der Waals surface area contributed by atoms with Gasteiger partial charge in [-0.3, -0.25) is 0 Å². The molecule has 0 saturated carbocycles. The van der Waals surface area contributed by atoms with Crippen molar-refractivity contribution in [2.24, 2.45) is 0 Å². The van der Waals surface area contributed by atoms with Crippen LogP contribution in [0, 0.1) is 6.92 Å². The van der Waals surface area contributed by atoms with Gasteiger partial charge in [-0.2, -0.15) is 0 Å². The van der Waals surface area contributed by atoms with E-state index in [2.05, 4.69) is 5.32 Å². The van der Waals surface area contributed by atoms with Crippen LogP contribution in [0.25, 0.3) is 0 Å². The van der Waals surface area contributed by atoms with Crippen LogP contribution >= 0.6 is 11.6 Å². The average Bonchev–Trinajstić information content (AvgIpc) is 2.24. The maximum absolute atomic E-state index is 5.91. The smallest absolute Gasteiger partial charge is 0.0426 e. The molecular weight excluding hydrogens is 220 g/mol. The molecule has 0 saturated heterocycles. The van der Waals surface area contributed by atoms with E-state index in [4.69, 9.17) is 17.3 Å². The molecule has 0 radical (unpaired) electrons. The van der Waals surface area contributed by atoms with Crippen LogP contribution in [-0.2, 0) is 0 Å². The number of nitrogens with two attached hydrogens (primary N) is 1. The van der Waals surface area contributed by atoms with Crippen LogP contribution in [0.3, 0.4) is 0 Å². The van der Waals surface area contributed by atoms with Crippen LogP contribution < -0.4 is 11.1 Å². The Labute approximate surface area is 100 Å². The van der Waals surface area contributed by atoms with Crippen molar-refractivity contribution < 1.29 is 0 Å². The molecule has 0 spiro atoms. The van der Waals surface area contributed by atoms with Gasteiger partial charge in [-0.05, 0) is 48.9 Å². The standard InChI is InChI=1S/C13H13ClN2/c1-9-7-12(5-6-13(9)15)16-11-4-2-3-10(14)8-11/h2-8,16H,15H2,1H3. The molecule has 0 aromatic heterocycles. The van der Waals surface area contributed by atoms with Crippen molar-refractivity contribution in [3.8, 4) is 0 Å². The van der Waals surface area contributed by atoms with E-state index in [1.165, 1.54) is 0 Å². The molecule has 2 aromatic rings. The van der Waals surface area contributed by atoms with Crippen molar-refractivity contribution in [1.82, 2.24) is 0 Å². The van der Waals surface area contributed by atoms with Crippen LogP contribution in [0.4, 0.5) is 17.1 Å². The lowest BCUT2D eigenvalue weighted by molar-refractivity contribution is 1.45. The number of hydrogen-bond acceptors (Lipinski definition) is 2. The van der Waals surface area contributed by atoms with E-state index in [0.717, 1.165) is 27.6 Å². The van der Waals surface area contributed by atoms with E-state index >= 15 is 0 Å². The van der Waals surface area contributed by atoms with Crippen molar-refractivity contribution in [2.45, 2.75) is 6.92 Å². The zero-order valence-electron chi connectivity index (χ0n) is 9.00. The highest BCUT2D eigenvalue weighted by molar-refractivity contribution is 6.30. The van der Waals surface area contributed by atoms with Gasteiger partial charge in [0, 0.05) is 22.1 Å². The SMILES string of the molecule is Cc1cc(Nc2cccc(Cl)c2)ccc1N. The number of hydrogen-bond donors (Lipinski definition) is 2. The monoisotopic (exact) mass is 232 g/mol. The normalized spacial score (nSPS) is 10.1. The number of nitrogen functional groups attached to an aromatic ring is 1. The number of nitrogens with one attached hydrogen (secondary N) is 1. The Bertz CT molecular complexity index is 509. The molecule has 0 unspecified atom stereocenters. The molecule has 16 heavy (non-hydrogen) atoms. The molecule has 0 aliphatic carbocycles. The summed E-state index contributed by atoms with van der Waals surface area (Å²) in [5, 5.41) is 3.99. The fraction of sp³-hybridized carbons (Fsp3) is 0.0769. The Morgan fingerprint density at radius 1 is 1.06 bits per heavy atom. The highest BCUT2D eigenvalue weighted by atomic mass is 35.5. The Kier molecular flexibility index (Phi) is 3.02. The molecule has 82 valence electrons. The van der Waals surface area contributed by atoms with E-state index in [1.807, 2.05) is 49.4 Å². The maximum Gasteiger partial charge on any atom is 0.0426 e. The minimum atomic E-state index is 0.720. The highest BCUT2D eigenvalue weighted by Crippen LogP contribution is 2.22. The van der Waals surface area contributed by atoms with E-state index < -0.39 is 0 Å². The average molecular weight is 233 g/mol. The van der Waals surface area contributed by atoms with Gasteiger partial charge in [0.2, 0.25) is 0 Å². The zero-order valence-corrected chi connectivity index (χ0v) is 9.75. The second-order valence-corrected chi connectivity index (χ2v) is 4.14. The molecule has 0 fully saturated rings. The van der Waals surface area contributed by atoms with Gasteiger partial charge in [0.15, 0.2) is 0 Å². The highest BCUT2D eigenvalue weighted by Gasteiger charge is 1.98. The quantitative estimate of drug-likeness (QED) is 0.769. The van der Waals surface area contributed by atoms with Crippen LogP contribution in [0.1, 0.15) is 5.56 Å². The van der Waals surface area contributed by atoms with Crippen molar-refractivity contribution in [3.63, 3.8) is 0 Å². The van der Waals surface area contributed by atoms with Crippen LogP contribution in [-0.4, -0.2) is 0 Å². The third-order valence-electron chi connectivity index (χ3n) is 2.38. The fourth-order valence-corrected chi connectivity index (χ4v) is 1.68. The first-order valence-electron chi connectivity index (χ1n) is 5.04. The van der Waals surface area contributed by atoms with Crippen LogP contribution in [0.15, 0.2) is 42.5 Å². The third kappa shape index (κ3) is 2.47. The molecule has 3 heteroatoms. The molecule has 2 nitrogen and oxygen atoms in total. The van der Waals surface area contributed by atoms with Crippen LogP contribution in [0.5, 0.6) is 0 Å². The van der Waals surface area contributed by atoms with Gasteiger partial charge in [0.25, 0.3) is 0 Å². The lowest BCUT2D eigenvalue weighted by atomic mass is 10.2. The molecule has 0 amide bonds. The second kappa shape index (κ2) is 4.45. The minimum Gasteiger partial charge on any atom is -0.399 e. The fourth-order valence-electron chi connectivity index (χ4n) is 1.49. The van der Waals surface area contributed by atoms with Gasteiger partial charge in [-0.25, -0.2) is 0 Å². The van der Waals surface area contributed by atoms with Gasteiger partial charge < -0.3 is 11.1 Å². The molecule has 2 aromatic carbocycles. The topological polar surface area (TPSA) is 38.0 Å². The summed E-state index contributed by atoms with van der Waals surface area (Å²) in [6.45, 7) is 1.98. The molecule has 0 aliphatic rings. The molecule has 3 N–H and O–H groups in total. The van der Waals surface area contributed by atoms with E-state index in [1.54, 1.807) is 0 Å². The summed E-state index contributed by atoms with van der Waals surface area (Å²) in [5.74, 6) is 0. The molecular formula is C13H13ClN2.